The molecule has 1 aromatic heterocycles. The molecular formula is C9H12N3O4P3. The largest absolute Gasteiger partial charge is 0.471 e. The predicted molar refractivity (Wildman–Crippen MR) is 76.2 cm³/mol. The maximum absolute atomic E-state index is 11.7. The van der Waals surface area contributed by atoms with Crippen molar-refractivity contribution in [3.8, 4) is 0 Å². The fourth-order valence-corrected chi connectivity index (χ4v) is 4.40. The summed E-state index contributed by atoms with van der Waals surface area (Å²) >= 11 is 0. The van der Waals surface area contributed by atoms with Gasteiger partial charge in [0.05, 0.1) is 0 Å². The first-order chi connectivity index (χ1) is 9.11. The second-order valence-electron chi connectivity index (χ2n) is 3.73. The lowest BCUT2D eigenvalue weighted by Crippen LogP contribution is -2.32. The van der Waals surface area contributed by atoms with E-state index in [0.717, 1.165) is 0 Å². The van der Waals surface area contributed by atoms with Crippen molar-refractivity contribution in [2.45, 2.75) is 12.3 Å². The van der Waals surface area contributed by atoms with E-state index < -0.39 is 18.0 Å². The lowest BCUT2D eigenvalue weighted by atomic mass is 10.3. The Balaban J connectivity index is 2.08. The van der Waals surface area contributed by atoms with Crippen LogP contribution in [0.3, 0.4) is 0 Å². The quantitative estimate of drug-likeness (QED) is 0.621. The summed E-state index contributed by atoms with van der Waals surface area (Å²) in [4.78, 5) is 15.2. The molecular weight excluding hydrogens is 307 g/mol. The zero-order valence-corrected chi connectivity index (χ0v) is 12.6. The molecule has 0 spiro atoms. The second kappa shape index (κ2) is 6.53. The highest BCUT2D eigenvalue weighted by molar-refractivity contribution is 8.40. The number of allylic oxidation sites excluding steroid dienone is 1. The number of aliphatic hydroxyl groups excluding tert-OH is 1. The summed E-state index contributed by atoms with van der Waals surface area (Å²) in [5, 5.41) is 9.88. The Morgan fingerprint density at radius 2 is 2.42 bits per heavy atom. The molecule has 0 radical (unpaired) electrons. The molecule has 0 saturated heterocycles. The number of nitrogens with two attached hydrogens (primary N) is 1. The molecule has 0 aromatic carbocycles. The van der Waals surface area contributed by atoms with E-state index >= 15 is 0 Å². The van der Waals surface area contributed by atoms with E-state index in [4.69, 9.17) is 10.5 Å². The molecule has 1 aliphatic rings. The van der Waals surface area contributed by atoms with Crippen molar-refractivity contribution in [1.82, 2.24) is 9.55 Å². The number of ether oxygens (including phenoxy) is 1. The lowest BCUT2D eigenvalue weighted by Gasteiger charge is -2.18. The molecule has 0 fully saturated rings. The van der Waals surface area contributed by atoms with E-state index in [9.17, 15) is 14.5 Å². The van der Waals surface area contributed by atoms with Gasteiger partial charge in [0.2, 0.25) is 6.23 Å². The minimum atomic E-state index is -0.906. The van der Waals surface area contributed by atoms with Crippen LogP contribution in [-0.2, 0) is 9.30 Å². The highest BCUT2D eigenvalue weighted by Crippen LogP contribution is 2.48. The van der Waals surface area contributed by atoms with Crippen molar-refractivity contribution in [1.29, 1.82) is 0 Å². The highest BCUT2D eigenvalue weighted by Gasteiger charge is 2.29. The van der Waals surface area contributed by atoms with Crippen LogP contribution in [0.1, 0.15) is 6.23 Å². The molecule has 7 nitrogen and oxygen atoms in total. The van der Waals surface area contributed by atoms with Gasteiger partial charge < -0.3 is 15.6 Å². The number of hydrogen-bond donors (Lipinski definition) is 2. The Hall–Kier alpha value is -0.860. The Morgan fingerprint density at radius 1 is 1.63 bits per heavy atom. The Labute approximate surface area is 113 Å². The summed E-state index contributed by atoms with van der Waals surface area (Å²) in [7, 11) is 0.935. The van der Waals surface area contributed by atoms with E-state index in [1.165, 1.54) is 16.8 Å². The zero-order chi connectivity index (χ0) is 13.8. The topological polar surface area (TPSA) is 107 Å². The number of nitrogens with zero attached hydrogens (tertiary/aromatic N) is 2. The van der Waals surface area contributed by atoms with Gasteiger partial charge in [-0.3, -0.25) is 9.13 Å². The third-order valence-electron chi connectivity index (χ3n) is 2.43. The van der Waals surface area contributed by atoms with Crippen LogP contribution in [0.2, 0.25) is 0 Å². The number of hydrogen-bond acceptors (Lipinski definition) is 6. The van der Waals surface area contributed by atoms with E-state index in [1.54, 1.807) is 6.08 Å². The summed E-state index contributed by atoms with van der Waals surface area (Å²) in [6, 6.07) is 1.47. The SMILES string of the molecule is Nc1ccn([C@@H]2OC(CPPP=O)=C[C@H]2O)c(=O)n1. The van der Waals surface area contributed by atoms with Crippen LogP contribution < -0.4 is 11.4 Å². The molecule has 0 aliphatic carbocycles. The van der Waals surface area contributed by atoms with Crippen molar-refractivity contribution in [3.05, 3.63) is 34.6 Å². The van der Waals surface area contributed by atoms with Crippen molar-refractivity contribution in [3.63, 3.8) is 0 Å². The van der Waals surface area contributed by atoms with E-state index in [2.05, 4.69) is 4.98 Å². The normalized spacial score (nSPS) is 23.5. The van der Waals surface area contributed by atoms with Crippen molar-refractivity contribution >= 4 is 30.2 Å². The van der Waals surface area contributed by atoms with Crippen molar-refractivity contribution in [2.24, 2.45) is 0 Å². The zero-order valence-electron chi connectivity index (χ0n) is 9.68. The van der Waals surface area contributed by atoms with Gasteiger partial charge in [0, 0.05) is 12.4 Å². The van der Waals surface area contributed by atoms with Crippen LogP contribution in [0.5, 0.6) is 0 Å². The van der Waals surface area contributed by atoms with Crippen LogP contribution in [0.25, 0.3) is 0 Å². The number of aliphatic hydroxyl groups is 1. The molecule has 2 rings (SSSR count). The maximum atomic E-state index is 11.7. The van der Waals surface area contributed by atoms with Gasteiger partial charge >= 0.3 is 5.69 Å². The minimum Gasteiger partial charge on any atom is -0.471 e. The lowest BCUT2D eigenvalue weighted by molar-refractivity contribution is -0.00153. The standard InChI is InChI=1S/C9H12N3O4P3/c10-7-1-2-12(9(14)11-7)8-6(13)3-5(16-8)4-17-19-18-15/h1-3,6,8,13,17,19H,4H2,(H2,10,11,14)/t6-,8-/m1/s1. The van der Waals surface area contributed by atoms with Crippen LogP contribution in [0.15, 0.2) is 28.9 Å². The van der Waals surface area contributed by atoms with Gasteiger partial charge in [0.15, 0.2) is 8.15 Å². The Bertz CT molecular complexity index is 562. The molecule has 4 atom stereocenters. The van der Waals surface area contributed by atoms with Gasteiger partial charge in [-0.1, -0.05) is 8.27 Å². The number of rotatable bonds is 5. The summed E-state index contributed by atoms with van der Waals surface area (Å²) < 4.78 is 17.1. The Kier molecular flexibility index (Phi) is 5.00. The second-order valence-corrected chi connectivity index (χ2v) is 9.14. The molecule has 102 valence electrons. The fraction of sp³-hybridized carbons (Fsp3) is 0.333. The van der Waals surface area contributed by atoms with Gasteiger partial charge in [0.1, 0.15) is 17.7 Å². The molecule has 2 unspecified atom stereocenters. The first-order valence-corrected chi connectivity index (χ1v) is 10.2. The molecule has 1 aromatic rings. The minimum absolute atomic E-state index is 0.124. The average Bonchev–Trinajstić information content (AvgIpc) is 2.71. The van der Waals surface area contributed by atoms with Crippen LogP contribution in [0, 0.1) is 0 Å². The van der Waals surface area contributed by atoms with Crippen molar-refractivity contribution < 1.29 is 14.4 Å². The number of anilines is 1. The third kappa shape index (κ3) is 3.58. The monoisotopic (exact) mass is 319 g/mol. The first-order valence-electron chi connectivity index (χ1n) is 5.32. The van der Waals surface area contributed by atoms with E-state index in [0.29, 0.717) is 28.1 Å². The molecule has 3 N–H and O–H groups in total. The summed E-state index contributed by atoms with van der Waals surface area (Å²) in [5.74, 6) is 0.731. The molecule has 1 aliphatic heterocycles. The molecule has 19 heavy (non-hydrogen) atoms. The number of nitrogen functional groups attached to an aromatic ring is 1. The molecule has 0 saturated carbocycles. The van der Waals surface area contributed by atoms with Gasteiger partial charge in [0.25, 0.3) is 0 Å². The Morgan fingerprint density at radius 3 is 3.11 bits per heavy atom. The third-order valence-corrected chi connectivity index (χ3v) is 6.73. The smallest absolute Gasteiger partial charge is 0.352 e. The van der Waals surface area contributed by atoms with Crippen LogP contribution in [-0.4, -0.2) is 26.9 Å². The molecule has 10 heteroatoms. The van der Waals surface area contributed by atoms with E-state index in [-0.39, 0.29) is 14.0 Å². The molecule has 2 heterocycles. The van der Waals surface area contributed by atoms with E-state index in [1.807, 2.05) is 0 Å². The van der Waals surface area contributed by atoms with Gasteiger partial charge in [-0.2, -0.15) is 4.98 Å². The van der Waals surface area contributed by atoms with Crippen molar-refractivity contribution in [2.75, 3.05) is 11.9 Å². The van der Waals surface area contributed by atoms with Gasteiger partial charge in [-0.15, -0.1) is 0 Å². The fourth-order valence-electron chi connectivity index (χ4n) is 1.64. The summed E-state index contributed by atoms with van der Waals surface area (Å²) in [5.41, 5.74) is 4.83. The molecule has 0 bridgehead atoms. The van der Waals surface area contributed by atoms with Gasteiger partial charge in [-0.25, -0.2) is 4.79 Å². The van der Waals surface area contributed by atoms with Crippen LogP contribution >= 0.6 is 24.4 Å². The predicted octanol–water partition coefficient (Wildman–Crippen LogP) is 1.08. The summed E-state index contributed by atoms with van der Waals surface area (Å²) in [6.07, 6.45) is 1.89. The first kappa shape index (κ1) is 14.5. The maximum Gasteiger partial charge on any atom is 0.352 e. The average molecular weight is 319 g/mol. The molecule has 0 amide bonds. The highest BCUT2D eigenvalue weighted by atomic mass is 32.4. The van der Waals surface area contributed by atoms with Crippen LogP contribution in [0.4, 0.5) is 5.82 Å². The summed E-state index contributed by atoms with van der Waals surface area (Å²) in [6.45, 7) is 0. The number of aromatic nitrogens is 2. The van der Waals surface area contributed by atoms with Gasteiger partial charge in [-0.05, 0) is 20.1 Å².